The van der Waals surface area contributed by atoms with Crippen molar-refractivity contribution >= 4 is 41.1 Å². The van der Waals surface area contributed by atoms with Gasteiger partial charge >= 0.3 is 0 Å². The molecule has 0 atom stereocenters. The molecule has 0 spiro atoms. The Bertz CT molecular complexity index is 1020. The molecule has 0 radical (unpaired) electrons. The maximum atomic E-state index is 12.9. The van der Waals surface area contributed by atoms with Gasteiger partial charge < -0.3 is 21.7 Å². The van der Waals surface area contributed by atoms with Gasteiger partial charge in [0.2, 0.25) is 11.8 Å². The lowest BCUT2D eigenvalue weighted by molar-refractivity contribution is -0.119. The highest BCUT2D eigenvalue weighted by atomic mass is 32.2. The highest BCUT2D eigenvalue weighted by Crippen LogP contribution is 2.25. The van der Waals surface area contributed by atoms with Gasteiger partial charge in [0.15, 0.2) is 0 Å². The van der Waals surface area contributed by atoms with Crippen LogP contribution in [0.2, 0.25) is 0 Å². The molecule has 2 aromatic carbocycles. The third-order valence-electron chi connectivity index (χ3n) is 5.63. The van der Waals surface area contributed by atoms with Gasteiger partial charge in [-0.3, -0.25) is 19.2 Å². The molecular formula is C25H30N4O4S. The predicted octanol–water partition coefficient (Wildman–Crippen LogP) is 2.94. The summed E-state index contributed by atoms with van der Waals surface area (Å²) in [4.78, 5) is 48.6. The minimum Gasteiger partial charge on any atom is -0.368 e. The molecule has 9 heteroatoms. The molecule has 0 aromatic heterocycles. The molecule has 34 heavy (non-hydrogen) atoms. The number of thioether (sulfide) groups is 1. The van der Waals surface area contributed by atoms with Crippen LogP contribution < -0.4 is 21.7 Å². The molecule has 3 rings (SSSR count). The Balaban J connectivity index is 1.52. The maximum Gasteiger partial charge on any atom is 0.256 e. The summed E-state index contributed by atoms with van der Waals surface area (Å²) >= 11 is 1.33. The largest absolute Gasteiger partial charge is 0.368 e. The lowest BCUT2D eigenvalue weighted by atomic mass is 9.89. The van der Waals surface area contributed by atoms with Crippen molar-refractivity contribution in [2.24, 2.45) is 11.7 Å². The molecule has 180 valence electrons. The molecule has 0 saturated heterocycles. The van der Waals surface area contributed by atoms with Crippen molar-refractivity contribution in [2.45, 2.75) is 37.0 Å². The monoisotopic (exact) mass is 482 g/mol. The van der Waals surface area contributed by atoms with Crippen LogP contribution >= 0.6 is 11.8 Å². The van der Waals surface area contributed by atoms with E-state index in [-0.39, 0.29) is 24.1 Å². The zero-order valence-electron chi connectivity index (χ0n) is 19.0. The van der Waals surface area contributed by atoms with Gasteiger partial charge in [0.25, 0.3) is 11.8 Å². The molecule has 0 aliphatic heterocycles. The van der Waals surface area contributed by atoms with E-state index in [1.54, 1.807) is 36.4 Å². The summed E-state index contributed by atoms with van der Waals surface area (Å²) in [5.74, 6) is -0.587. The van der Waals surface area contributed by atoms with Crippen molar-refractivity contribution in [3.8, 4) is 0 Å². The molecule has 8 nitrogen and oxygen atoms in total. The van der Waals surface area contributed by atoms with E-state index in [1.807, 2.05) is 12.1 Å². The van der Waals surface area contributed by atoms with E-state index < -0.39 is 11.8 Å². The predicted molar refractivity (Wildman–Crippen MR) is 133 cm³/mol. The lowest BCUT2D eigenvalue weighted by Crippen LogP contribution is -2.33. The molecule has 1 saturated carbocycles. The third kappa shape index (κ3) is 7.91. The van der Waals surface area contributed by atoms with Crippen molar-refractivity contribution in [1.29, 1.82) is 0 Å². The zero-order valence-corrected chi connectivity index (χ0v) is 19.8. The molecule has 0 heterocycles. The van der Waals surface area contributed by atoms with E-state index >= 15 is 0 Å². The van der Waals surface area contributed by atoms with Gasteiger partial charge in [0.05, 0.1) is 17.9 Å². The smallest absolute Gasteiger partial charge is 0.256 e. The van der Waals surface area contributed by atoms with Crippen molar-refractivity contribution in [3.63, 3.8) is 0 Å². The Morgan fingerprint density at radius 3 is 2.29 bits per heavy atom. The third-order valence-corrected chi connectivity index (χ3v) is 6.70. The number of amides is 4. The Morgan fingerprint density at radius 1 is 0.882 bits per heavy atom. The fourth-order valence-electron chi connectivity index (χ4n) is 3.80. The van der Waals surface area contributed by atoms with Crippen molar-refractivity contribution in [2.75, 3.05) is 24.2 Å². The Kier molecular flexibility index (Phi) is 9.51. The zero-order chi connectivity index (χ0) is 24.3. The van der Waals surface area contributed by atoms with E-state index in [2.05, 4.69) is 16.0 Å². The second kappa shape index (κ2) is 12.8. The summed E-state index contributed by atoms with van der Waals surface area (Å²) in [5.41, 5.74) is 6.35. The summed E-state index contributed by atoms with van der Waals surface area (Å²) in [5, 5.41) is 8.24. The first-order valence-corrected chi connectivity index (χ1v) is 12.4. The topological polar surface area (TPSA) is 130 Å². The number of rotatable bonds is 10. The first-order valence-electron chi connectivity index (χ1n) is 11.4. The van der Waals surface area contributed by atoms with Gasteiger partial charge in [0, 0.05) is 22.7 Å². The van der Waals surface area contributed by atoms with Crippen LogP contribution in [0.5, 0.6) is 0 Å². The van der Waals surface area contributed by atoms with Crippen molar-refractivity contribution in [3.05, 3.63) is 59.7 Å². The molecule has 2 aromatic rings. The van der Waals surface area contributed by atoms with E-state index in [0.29, 0.717) is 22.7 Å². The summed E-state index contributed by atoms with van der Waals surface area (Å²) < 4.78 is 0. The van der Waals surface area contributed by atoms with Gasteiger partial charge in [-0.25, -0.2) is 0 Å². The number of benzene rings is 2. The Morgan fingerprint density at radius 2 is 1.59 bits per heavy atom. The van der Waals surface area contributed by atoms with Crippen LogP contribution in [0.3, 0.4) is 0 Å². The van der Waals surface area contributed by atoms with Crippen LogP contribution in [0.4, 0.5) is 5.69 Å². The molecule has 1 fully saturated rings. The van der Waals surface area contributed by atoms with E-state index in [1.165, 1.54) is 43.9 Å². The fraction of sp³-hybridized carbons (Fsp3) is 0.360. The Hall–Kier alpha value is -3.33. The summed E-state index contributed by atoms with van der Waals surface area (Å²) in [7, 11) is 0. The minimum atomic E-state index is -0.629. The highest BCUT2D eigenvalue weighted by Gasteiger charge is 2.16. The van der Waals surface area contributed by atoms with Crippen LogP contribution in [0.25, 0.3) is 0 Å². The van der Waals surface area contributed by atoms with Crippen LogP contribution in [-0.2, 0) is 9.59 Å². The molecule has 0 unspecified atom stereocenters. The van der Waals surface area contributed by atoms with Crippen LogP contribution in [0, 0.1) is 5.92 Å². The SMILES string of the molecule is NC(=O)CNC(=O)c1ccc(NC(=O)c2ccccc2SCC(=O)NCC2CCCCC2)cc1. The standard InChI is InChI=1S/C25H30N4O4S/c26-22(30)15-28-24(32)18-10-12-19(13-11-18)29-25(33)20-8-4-5-9-21(20)34-16-23(31)27-14-17-6-2-1-3-7-17/h4-5,8-13,17H,1-3,6-7,14-16H2,(H2,26,30)(H,27,31)(H,28,32)(H,29,33). The second-order valence-corrected chi connectivity index (χ2v) is 9.29. The van der Waals surface area contributed by atoms with Crippen molar-refractivity contribution < 1.29 is 19.2 Å². The number of nitrogens with two attached hydrogens (primary N) is 1. The number of carbonyl (C=O) groups is 4. The maximum absolute atomic E-state index is 12.9. The van der Waals surface area contributed by atoms with Gasteiger partial charge in [-0.1, -0.05) is 31.4 Å². The normalized spacial score (nSPS) is 13.6. The molecule has 5 N–H and O–H groups in total. The fourth-order valence-corrected chi connectivity index (χ4v) is 4.68. The number of carbonyl (C=O) groups excluding carboxylic acids is 4. The van der Waals surface area contributed by atoms with Crippen LogP contribution in [0.1, 0.15) is 52.8 Å². The average Bonchev–Trinajstić information content (AvgIpc) is 2.86. The van der Waals surface area contributed by atoms with Gasteiger partial charge in [-0.2, -0.15) is 0 Å². The van der Waals surface area contributed by atoms with Gasteiger partial charge in [-0.05, 0) is 55.2 Å². The number of hydrogen-bond acceptors (Lipinski definition) is 5. The van der Waals surface area contributed by atoms with Crippen LogP contribution in [-0.4, -0.2) is 42.5 Å². The molecule has 4 amide bonds. The number of primary amides is 1. The van der Waals surface area contributed by atoms with E-state index in [9.17, 15) is 19.2 Å². The van der Waals surface area contributed by atoms with E-state index in [0.717, 1.165) is 11.4 Å². The average molecular weight is 483 g/mol. The quantitative estimate of drug-likeness (QED) is 0.387. The Labute approximate surface area is 203 Å². The van der Waals surface area contributed by atoms with Crippen molar-refractivity contribution in [1.82, 2.24) is 10.6 Å². The molecular weight excluding hydrogens is 452 g/mol. The summed E-state index contributed by atoms with van der Waals surface area (Å²) in [6, 6.07) is 13.4. The minimum absolute atomic E-state index is 0.0315. The van der Waals surface area contributed by atoms with E-state index in [4.69, 9.17) is 5.73 Å². The van der Waals surface area contributed by atoms with Crippen LogP contribution in [0.15, 0.2) is 53.4 Å². The molecule has 0 bridgehead atoms. The molecule has 1 aliphatic rings. The summed E-state index contributed by atoms with van der Waals surface area (Å²) in [6.07, 6.45) is 6.12. The number of hydrogen-bond donors (Lipinski definition) is 4. The highest BCUT2D eigenvalue weighted by molar-refractivity contribution is 8.00. The van der Waals surface area contributed by atoms with Gasteiger partial charge in [0.1, 0.15) is 0 Å². The van der Waals surface area contributed by atoms with Gasteiger partial charge in [-0.15, -0.1) is 11.8 Å². The number of anilines is 1. The first kappa shape index (κ1) is 25.3. The lowest BCUT2D eigenvalue weighted by Gasteiger charge is -2.21. The number of nitrogens with one attached hydrogen (secondary N) is 3. The second-order valence-electron chi connectivity index (χ2n) is 8.27. The molecule has 1 aliphatic carbocycles. The first-order chi connectivity index (χ1) is 16.4. The summed E-state index contributed by atoms with van der Waals surface area (Å²) in [6.45, 7) is 0.475.